The Kier molecular flexibility index (Phi) is 5.62. The number of nitrogens with zero attached hydrogens (tertiary/aromatic N) is 2. The normalized spacial score (nSPS) is 19.4. The van der Waals surface area contributed by atoms with Crippen molar-refractivity contribution < 1.29 is 37.0 Å². The second-order valence-electron chi connectivity index (χ2n) is 4.57. The van der Waals surface area contributed by atoms with Crippen LogP contribution < -0.4 is 10.1 Å². The minimum Gasteiger partial charge on any atom is -0.481 e. The fourth-order valence-corrected chi connectivity index (χ4v) is 2.61. The van der Waals surface area contributed by atoms with Crippen molar-refractivity contribution in [2.24, 2.45) is 10.2 Å². The summed E-state index contributed by atoms with van der Waals surface area (Å²) in [4.78, 5) is 22.0. The largest absolute Gasteiger partial charge is 0.573 e. The molecule has 2 rings (SSSR count). The molecule has 0 spiro atoms. The van der Waals surface area contributed by atoms with Crippen LogP contribution in [0.25, 0.3) is 0 Å². The number of thioether (sulfide) groups is 1. The van der Waals surface area contributed by atoms with Crippen molar-refractivity contribution in [2.45, 2.75) is 18.0 Å². The summed E-state index contributed by atoms with van der Waals surface area (Å²) in [6, 6.07) is 2.45. The molecule has 1 saturated heterocycles. The van der Waals surface area contributed by atoms with Gasteiger partial charge in [0.2, 0.25) is 5.91 Å². The number of ether oxygens (including phenoxy) is 1. The molecule has 1 heterocycles. The van der Waals surface area contributed by atoms with Gasteiger partial charge >= 0.3 is 12.3 Å². The maximum atomic E-state index is 13.7. The van der Waals surface area contributed by atoms with Crippen molar-refractivity contribution in [3.63, 3.8) is 0 Å². The van der Waals surface area contributed by atoms with E-state index in [-0.39, 0.29) is 10.7 Å². The van der Waals surface area contributed by atoms with E-state index in [0.29, 0.717) is 6.07 Å². The predicted octanol–water partition coefficient (Wildman–Crippen LogP) is 2.12. The van der Waals surface area contributed by atoms with E-state index in [9.17, 15) is 27.2 Å². The van der Waals surface area contributed by atoms with Gasteiger partial charge in [0.25, 0.3) is 0 Å². The van der Waals surface area contributed by atoms with Crippen molar-refractivity contribution in [1.82, 2.24) is 5.32 Å². The number of hydrogen-bond donors (Lipinski definition) is 2. The molecule has 7 nitrogen and oxygen atoms in total. The molecule has 12 heteroatoms. The smallest absolute Gasteiger partial charge is 0.481 e. The van der Waals surface area contributed by atoms with Gasteiger partial charge < -0.3 is 15.2 Å². The van der Waals surface area contributed by atoms with Gasteiger partial charge in [-0.15, -0.1) is 18.3 Å². The maximum Gasteiger partial charge on any atom is 0.573 e. The summed E-state index contributed by atoms with van der Waals surface area (Å²) >= 11 is 0.851. The first-order chi connectivity index (χ1) is 11.6. The number of carbonyl (C=O) groups excluding carboxylic acids is 1. The van der Waals surface area contributed by atoms with Gasteiger partial charge in [-0.25, -0.2) is 4.39 Å². The Hall–Kier alpha value is -2.63. The van der Waals surface area contributed by atoms with E-state index in [1.54, 1.807) is 0 Å². The summed E-state index contributed by atoms with van der Waals surface area (Å²) in [5, 5.41) is 17.2. The number of amides is 1. The highest BCUT2D eigenvalue weighted by molar-refractivity contribution is 8.15. The van der Waals surface area contributed by atoms with Crippen molar-refractivity contribution in [3.8, 4) is 5.75 Å². The molecule has 2 N–H and O–H groups in total. The molecule has 1 fully saturated rings. The van der Waals surface area contributed by atoms with Crippen molar-refractivity contribution in [1.29, 1.82) is 0 Å². The molecule has 1 amide bonds. The van der Waals surface area contributed by atoms with Crippen LogP contribution in [0.4, 0.5) is 17.6 Å². The first kappa shape index (κ1) is 18.7. The SMILES string of the molecule is O=C(O)CC1SC(=NN=Cc2ccc(OC(F)(F)F)cc2F)NC1=O. The number of rotatable bonds is 5. The molecule has 0 radical (unpaired) electrons. The van der Waals surface area contributed by atoms with Crippen LogP contribution in [0.3, 0.4) is 0 Å². The number of nitrogens with one attached hydrogen (secondary N) is 1. The molecular weight excluding hydrogens is 370 g/mol. The van der Waals surface area contributed by atoms with Gasteiger partial charge in [-0.3, -0.25) is 9.59 Å². The second kappa shape index (κ2) is 7.51. The van der Waals surface area contributed by atoms with Crippen molar-refractivity contribution >= 4 is 35.0 Å². The summed E-state index contributed by atoms with van der Waals surface area (Å²) in [6.45, 7) is 0. The predicted molar refractivity (Wildman–Crippen MR) is 79.9 cm³/mol. The van der Waals surface area contributed by atoms with E-state index in [1.165, 1.54) is 0 Å². The highest BCUT2D eigenvalue weighted by Gasteiger charge is 2.32. The number of hydrogen-bond acceptors (Lipinski definition) is 6. The first-order valence-electron chi connectivity index (χ1n) is 6.49. The van der Waals surface area contributed by atoms with Gasteiger partial charge in [-0.2, -0.15) is 5.10 Å². The Labute approximate surface area is 141 Å². The third kappa shape index (κ3) is 5.74. The Bertz CT molecular complexity index is 751. The quantitative estimate of drug-likeness (QED) is 0.464. The lowest BCUT2D eigenvalue weighted by Crippen LogP contribution is -2.26. The van der Waals surface area contributed by atoms with Gasteiger partial charge in [0.1, 0.15) is 16.8 Å². The fourth-order valence-electron chi connectivity index (χ4n) is 1.70. The molecule has 0 bridgehead atoms. The number of carboxylic acids is 1. The molecule has 1 atom stereocenters. The zero-order valence-corrected chi connectivity index (χ0v) is 12.9. The van der Waals surface area contributed by atoms with Gasteiger partial charge in [-0.05, 0) is 12.1 Å². The molecule has 1 aliphatic rings. The number of alkyl halides is 3. The lowest BCUT2D eigenvalue weighted by molar-refractivity contribution is -0.274. The highest BCUT2D eigenvalue weighted by Crippen LogP contribution is 2.24. The van der Waals surface area contributed by atoms with Crippen molar-refractivity contribution in [3.05, 3.63) is 29.6 Å². The molecule has 0 aromatic heterocycles. The topological polar surface area (TPSA) is 100 Å². The molecule has 25 heavy (non-hydrogen) atoms. The minimum atomic E-state index is -4.93. The maximum absolute atomic E-state index is 13.7. The number of aliphatic carboxylic acids is 1. The zero-order valence-electron chi connectivity index (χ0n) is 12.1. The van der Waals surface area contributed by atoms with Gasteiger partial charge in [0.05, 0.1) is 12.6 Å². The first-order valence-corrected chi connectivity index (χ1v) is 7.37. The van der Waals surface area contributed by atoms with Crippen LogP contribution in [0.2, 0.25) is 0 Å². The number of carboxylic acid groups (broad SMARTS) is 1. The molecule has 1 aliphatic heterocycles. The lowest BCUT2D eigenvalue weighted by atomic mass is 10.2. The van der Waals surface area contributed by atoms with Crippen LogP contribution in [-0.2, 0) is 9.59 Å². The molecule has 1 aromatic rings. The zero-order chi connectivity index (χ0) is 18.6. The lowest BCUT2D eigenvalue weighted by Gasteiger charge is -2.08. The fraction of sp³-hybridized carbons (Fsp3) is 0.231. The number of carbonyl (C=O) groups is 2. The summed E-state index contributed by atoms with van der Waals surface area (Å²) in [7, 11) is 0. The number of benzene rings is 1. The molecule has 134 valence electrons. The summed E-state index contributed by atoms with van der Waals surface area (Å²) in [6.07, 6.45) is -4.40. The number of amidine groups is 1. The third-order valence-electron chi connectivity index (χ3n) is 2.69. The average molecular weight is 379 g/mol. The van der Waals surface area contributed by atoms with Gasteiger partial charge in [-0.1, -0.05) is 11.8 Å². The summed E-state index contributed by atoms with van der Waals surface area (Å²) in [5.74, 6) is -3.43. The molecular formula is C13H9F4N3O4S. The van der Waals surface area contributed by atoms with E-state index < -0.39 is 41.5 Å². The monoisotopic (exact) mass is 379 g/mol. The molecule has 1 unspecified atom stereocenters. The number of halogens is 4. The Morgan fingerprint density at radius 3 is 2.76 bits per heavy atom. The molecule has 0 saturated carbocycles. The minimum absolute atomic E-state index is 0.0323. The van der Waals surface area contributed by atoms with Crippen LogP contribution >= 0.6 is 11.8 Å². The van der Waals surface area contributed by atoms with Crippen molar-refractivity contribution in [2.75, 3.05) is 0 Å². The molecule has 0 aliphatic carbocycles. The Morgan fingerprint density at radius 2 is 2.16 bits per heavy atom. The van der Waals surface area contributed by atoms with Gasteiger partial charge in [0.15, 0.2) is 5.17 Å². The van der Waals surface area contributed by atoms with Crippen LogP contribution in [-0.4, -0.2) is 40.0 Å². The molecule has 1 aromatic carbocycles. The second-order valence-corrected chi connectivity index (χ2v) is 5.77. The summed E-state index contributed by atoms with van der Waals surface area (Å²) < 4.78 is 53.3. The van der Waals surface area contributed by atoms with E-state index in [1.807, 2.05) is 0 Å². The summed E-state index contributed by atoms with van der Waals surface area (Å²) in [5.41, 5.74) is -0.157. The van der Waals surface area contributed by atoms with Crippen LogP contribution in [0.1, 0.15) is 12.0 Å². The Balaban J connectivity index is 2.02. The van der Waals surface area contributed by atoms with E-state index in [0.717, 1.165) is 30.1 Å². The van der Waals surface area contributed by atoms with Crippen LogP contribution in [0, 0.1) is 5.82 Å². The van der Waals surface area contributed by atoms with E-state index in [4.69, 9.17) is 5.11 Å². The Morgan fingerprint density at radius 1 is 1.44 bits per heavy atom. The van der Waals surface area contributed by atoms with Crippen LogP contribution in [0.5, 0.6) is 5.75 Å². The third-order valence-corrected chi connectivity index (χ3v) is 3.76. The standard InChI is InChI=1S/C13H9F4N3O4S/c14-8-3-7(24-13(15,16)17)2-1-6(8)5-18-20-12-19-11(23)9(25-12)4-10(21)22/h1-3,5,9H,4H2,(H,21,22)(H,19,20,23). The van der Waals surface area contributed by atoms with E-state index in [2.05, 4.69) is 20.3 Å². The highest BCUT2D eigenvalue weighted by atomic mass is 32.2. The van der Waals surface area contributed by atoms with Crippen LogP contribution in [0.15, 0.2) is 28.4 Å². The average Bonchev–Trinajstić information content (AvgIpc) is 2.79. The van der Waals surface area contributed by atoms with E-state index >= 15 is 0 Å². The van der Waals surface area contributed by atoms with Gasteiger partial charge in [0, 0.05) is 11.6 Å².